The van der Waals surface area contributed by atoms with Crippen molar-refractivity contribution in [3.8, 4) is 0 Å². The molecule has 0 saturated carbocycles. The molecule has 5 heteroatoms. The van der Waals surface area contributed by atoms with E-state index in [4.69, 9.17) is 5.11 Å². The Morgan fingerprint density at radius 1 is 1.32 bits per heavy atom. The summed E-state index contributed by atoms with van der Waals surface area (Å²) in [6, 6.07) is 0.187. The van der Waals surface area contributed by atoms with Gasteiger partial charge >= 0.3 is 5.97 Å². The highest BCUT2D eigenvalue weighted by Gasteiger charge is 2.23. The van der Waals surface area contributed by atoms with Crippen molar-refractivity contribution in [1.29, 1.82) is 0 Å². The largest absolute Gasteiger partial charge is 0.481 e. The lowest BCUT2D eigenvalue weighted by atomic mass is 9.99. The van der Waals surface area contributed by atoms with Crippen molar-refractivity contribution in [3.05, 3.63) is 0 Å². The third-order valence-electron chi connectivity index (χ3n) is 3.82. The Morgan fingerprint density at radius 2 is 1.89 bits per heavy atom. The Balaban J connectivity index is 2.44. The summed E-state index contributed by atoms with van der Waals surface area (Å²) in [6.07, 6.45) is 2.23. The summed E-state index contributed by atoms with van der Waals surface area (Å²) >= 11 is 0. The van der Waals surface area contributed by atoms with E-state index in [0.29, 0.717) is 19.0 Å². The maximum atomic E-state index is 12.2. The number of amides is 1. The van der Waals surface area contributed by atoms with Gasteiger partial charge in [-0.15, -0.1) is 0 Å². The maximum Gasteiger partial charge on any atom is 0.304 e. The fourth-order valence-electron chi connectivity index (χ4n) is 2.29. The lowest BCUT2D eigenvalue weighted by molar-refractivity contribution is -0.139. The van der Waals surface area contributed by atoms with Crippen molar-refractivity contribution in [2.24, 2.45) is 5.92 Å². The summed E-state index contributed by atoms with van der Waals surface area (Å²) in [5.74, 6) is 0.0214. The quantitative estimate of drug-likeness (QED) is 0.793. The lowest BCUT2D eigenvalue weighted by Crippen LogP contribution is -2.46. The molecule has 5 nitrogen and oxygen atoms in total. The number of hydrogen-bond donors (Lipinski definition) is 1. The number of rotatable bonds is 6. The first-order valence-electron chi connectivity index (χ1n) is 7.13. The summed E-state index contributed by atoms with van der Waals surface area (Å²) in [7, 11) is 0. The molecule has 1 fully saturated rings. The average molecular weight is 270 g/mol. The van der Waals surface area contributed by atoms with Crippen LogP contribution in [0.5, 0.6) is 0 Å². The molecule has 0 spiro atoms. The van der Waals surface area contributed by atoms with Crippen LogP contribution in [0.2, 0.25) is 0 Å². The molecular formula is C14H26N2O3. The minimum atomic E-state index is -0.815. The number of likely N-dealkylation sites (tertiary alicyclic amines) is 1. The summed E-state index contributed by atoms with van der Waals surface area (Å²) in [5, 5.41) is 8.73. The van der Waals surface area contributed by atoms with Crippen molar-refractivity contribution in [2.75, 3.05) is 26.2 Å². The van der Waals surface area contributed by atoms with Crippen LogP contribution in [0.4, 0.5) is 0 Å². The Kier molecular flexibility index (Phi) is 6.28. The van der Waals surface area contributed by atoms with Gasteiger partial charge in [-0.05, 0) is 32.6 Å². The zero-order chi connectivity index (χ0) is 14.4. The molecule has 0 aromatic carbocycles. The number of carboxylic acid groups (broad SMARTS) is 1. The highest BCUT2D eigenvalue weighted by Crippen LogP contribution is 2.16. The highest BCUT2D eigenvalue weighted by molar-refractivity contribution is 5.78. The zero-order valence-electron chi connectivity index (χ0n) is 12.3. The van der Waals surface area contributed by atoms with Crippen molar-refractivity contribution in [3.63, 3.8) is 0 Å². The second-order valence-corrected chi connectivity index (χ2v) is 5.77. The van der Waals surface area contributed by atoms with E-state index in [0.717, 1.165) is 25.9 Å². The lowest BCUT2D eigenvalue weighted by Gasteiger charge is -2.33. The third kappa shape index (κ3) is 5.59. The number of aliphatic carboxylic acids is 1. The van der Waals surface area contributed by atoms with E-state index in [2.05, 4.69) is 6.92 Å². The van der Waals surface area contributed by atoms with Gasteiger partial charge in [0, 0.05) is 25.7 Å². The molecule has 1 rings (SSSR count). The smallest absolute Gasteiger partial charge is 0.304 e. The van der Waals surface area contributed by atoms with Crippen LogP contribution < -0.4 is 0 Å². The normalized spacial score (nSPS) is 17.2. The van der Waals surface area contributed by atoms with Gasteiger partial charge in [0.05, 0.1) is 13.0 Å². The number of hydrogen-bond acceptors (Lipinski definition) is 3. The van der Waals surface area contributed by atoms with E-state index in [1.54, 1.807) is 0 Å². The van der Waals surface area contributed by atoms with Crippen LogP contribution in [0.25, 0.3) is 0 Å². The second-order valence-electron chi connectivity index (χ2n) is 5.77. The summed E-state index contributed by atoms with van der Waals surface area (Å²) in [6.45, 7) is 8.65. The Labute approximate surface area is 115 Å². The van der Waals surface area contributed by atoms with Crippen molar-refractivity contribution in [2.45, 2.75) is 46.1 Å². The van der Waals surface area contributed by atoms with Gasteiger partial charge < -0.3 is 10.0 Å². The average Bonchev–Trinajstić information content (AvgIpc) is 2.34. The maximum absolute atomic E-state index is 12.2. The minimum absolute atomic E-state index is 0.0858. The minimum Gasteiger partial charge on any atom is -0.481 e. The molecule has 0 atom stereocenters. The molecule has 1 saturated heterocycles. The van der Waals surface area contributed by atoms with Gasteiger partial charge in [0.2, 0.25) is 5.91 Å². The molecule has 0 aromatic rings. The van der Waals surface area contributed by atoms with Crippen LogP contribution in [0.15, 0.2) is 0 Å². The van der Waals surface area contributed by atoms with Gasteiger partial charge in [0.1, 0.15) is 0 Å². The monoisotopic (exact) mass is 270 g/mol. The Hall–Kier alpha value is -1.10. The topological polar surface area (TPSA) is 60.9 Å². The first kappa shape index (κ1) is 16.0. The fourth-order valence-corrected chi connectivity index (χ4v) is 2.29. The van der Waals surface area contributed by atoms with Gasteiger partial charge in [0.25, 0.3) is 0 Å². The van der Waals surface area contributed by atoms with Gasteiger partial charge in [-0.25, -0.2) is 0 Å². The number of nitrogens with zero attached hydrogens (tertiary/aromatic N) is 2. The molecule has 0 aromatic heterocycles. The Bertz CT molecular complexity index is 310. The van der Waals surface area contributed by atoms with E-state index < -0.39 is 5.97 Å². The number of carboxylic acids is 1. The molecule has 0 aliphatic carbocycles. The van der Waals surface area contributed by atoms with Crippen LogP contribution in [-0.4, -0.2) is 59.0 Å². The molecule has 1 aliphatic rings. The van der Waals surface area contributed by atoms with Gasteiger partial charge in [-0.1, -0.05) is 6.92 Å². The Morgan fingerprint density at radius 3 is 2.37 bits per heavy atom. The predicted molar refractivity (Wildman–Crippen MR) is 73.9 cm³/mol. The molecule has 1 N–H and O–H groups in total. The van der Waals surface area contributed by atoms with Gasteiger partial charge in [0.15, 0.2) is 0 Å². The highest BCUT2D eigenvalue weighted by atomic mass is 16.4. The summed E-state index contributed by atoms with van der Waals surface area (Å²) in [4.78, 5) is 26.7. The fraction of sp³-hybridized carbons (Fsp3) is 0.857. The van der Waals surface area contributed by atoms with E-state index in [1.807, 2.05) is 23.6 Å². The standard InChI is InChI=1S/C14H26N2O3/c1-11(2)16(9-6-14(18)19)10-13(17)15-7-4-12(3)5-8-15/h11-12H,4-10H2,1-3H3,(H,18,19). The van der Waals surface area contributed by atoms with Gasteiger partial charge in [-0.3, -0.25) is 14.5 Å². The molecule has 110 valence electrons. The van der Waals surface area contributed by atoms with Crippen LogP contribution in [0, 0.1) is 5.92 Å². The van der Waals surface area contributed by atoms with E-state index in [1.165, 1.54) is 0 Å². The predicted octanol–water partition coefficient (Wildman–Crippen LogP) is 1.43. The zero-order valence-corrected chi connectivity index (χ0v) is 12.3. The molecule has 19 heavy (non-hydrogen) atoms. The molecular weight excluding hydrogens is 244 g/mol. The molecule has 0 radical (unpaired) electrons. The van der Waals surface area contributed by atoms with Crippen LogP contribution >= 0.6 is 0 Å². The van der Waals surface area contributed by atoms with E-state index >= 15 is 0 Å². The molecule has 1 heterocycles. The number of carbonyl (C=O) groups is 2. The summed E-state index contributed by atoms with van der Waals surface area (Å²) in [5.41, 5.74) is 0. The molecule has 0 bridgehead atoms. The van der Waals surface area contributed by atoms with E-state index in [9.17, 15) is 9.59 Å². The SMILES string of the molecule is CC1CCN(C(=O)CN(CCC(=O)O)C(C)C)CC1. The van der Waals surface area contributed by atoms with Crippen LogP contribution in [0.1, 0.15) is 40.0 Å². The number of carbonyl (C=O) groups excluding carboxylic acids is 1. The number of piperidine rings is 1. The third-order valence-corrected chi connectivity index (χ3v) is 3.82. The van der Waals surface area contributed by atoms with Crippen LogP contribution in [0.3, 0.4) is 0 Å². The molecule has 1 aliphatic heterocycles. The van der Waals surface area contributed by atoms with Crippen molar-refractivity contribution >= 4 is 11.9 Å². The van der Waals surface area contributed by atoms with Crippen molar-refractivity contribution < 1.29 is 14.7 Å². The summed E-state index contributed by atoms with van der Waals surface area (Å²) < 4.78 is 0. The molecule has 1 amide bonds. The second kappa shape index (κ2) is 7.48. The van der Waals surface area contributed by atoms with Gasteiger partial charge in [-0.2, -0.15) is 0 Å². The first-order valence-corrected chi connectivity index (χ1v) is 7.13. The first-order chi connectivity index (χ1) is 8.90. The van der Waals surface area contributed by atoms with Crippen LogP contribution in [-0.2, 0) is 9.59 Å². The van der Waals surface area contributed by atoms with Crippen molar-refractivity contribution in [1.82, 2.24) is 9.80 Å². The molecule has 0 unspecified atom stereocenters. The van der Waals surface area contributed by atoms with E-state index in [-0.39, 0.29) is 18.4 Å².